The first-order valence-corrected chi connectivity index (χ1v) is 17.0. The summed E-state index contributed by atoms with van der Waals surface area (Å²) >= 11 is 0. The van der Waals surface area contributed by atoms with Gasteiger partial charge in [-0.15, -0.1) is 0 Å². The molecule has 3 aromatic heterocycles. The van der Waals surface area contributed by atoms with E-state index in [9.17, 15) is 19.6 Å². The van der Waals surface area contributed by atoms with Gasteiger partial charge in [-0.05, 0) is 44.2 Å². The van der Waals surface area contributed by atoms with Gasteiger partial charge in [0, 0.05) is 27.9 Å². The number of aromatic nitrogens is 3. The average molecular weight is 673 g/mol. The molecule has 3 N–H and O–H groups in total. The first kappa shape index (κ1) is 32.0. The molecule has 1 fully saturated rings. The number of hydrogen-bond donors (Lipinski definition) is 3. The van der Waals surface area contributed by atoms with Crippen molar-refractivity contribution in [3.05, 3.63) is 91.4 Å². The van der Waals surface area contributed by atoms with E-state index < -0.39 is 50.9 Å². The lowest BCUT2D eigenvalue weighted by Crippen LogP contribution is -2.37. The number of fused-ring (bicyclic) bond motifs is 4. The van der Waals surface area contributed by atoms with Crippen molar-refractivity contribution < 1.29 is 42.5 Å². The van der Waals surface area contributed by atoms with Crippen molar-refractivity contribution in [2.75, 3.05) is 13.2 Å². The molecule has 6 aromatic rings. The quantitative estimate of drug-likeness (QED) is 0.119. The number of esters is 1. The van der Waals surface area contributed by atoms with Gasteiger partial charge >= 0.3 is 13.7 Å². The molecular weight excluding hydrogens is 639 g/mol. The van der Waals surface area contributed by atoms with Crippen LogP contribution in [0.4, 0.5) is 0 Å². The molecule has 1 unspecified atom stereocenters. The van der Waals surface area contributed by atoms with Crippen LogP contribution in [0.1, 0.15) is 20.1 Å². The van der Waals surface area contributed by atoms with Crippen LogP contribution < -0.4 is 9.61 Å². The zero-order valence-corrected chi connectivity index (χ0v) is 26.9. The summed E-state index contributed by atoms with van der Waals surface area (Å²) in [5.41, 5.74) is 3.29. The number of rotatable bonds is 11. The Morgan fingerprint density at radius 1 is 0.979 bits per heavy atom. The number of furan rings is 1. The maximum atomic E-state index is 13.9. The number of aliphatic hydroxyl groups is 2. The Morgan fingerprint density at radius 3 is 2.56 bits per heavy atom. The molecule has 0 amide bonds. The smallest absolute Gasteiger partial charge is 0.459 e. The average Bonchev–Trinajstić information content (AvgIpc) is 3.77. The van der Waals surface area contributed by atoms with Gasteiger partial charge in [0.2, 0.25) is 0 Å². The number of carbonyl (C=O) groups is 1. The van der Waals surface area contributed by atoms with Crippen molar-refractivity contribution in [3.8, 4) is 17.0 Å². The van der Waals surface area contributed by atoms with Crippen LogP contribution >= 0.6 is 7.75 Å². The van der Waals surface area contributed by atoms with Gasteiger partial charge in [0.05, 0.1) is 18.9 Å². The molecule has 1 aliphatic heterocycles. The molecule has 0 bridgehead atoms. The fourth-order valence-electron chi connectivity index (χ4n) is 5.86. The highest BCUT2D eigenvalue weighted by molar-refractivity contribution is 7.52. The number of carbonyl (C=O) groups excluding carboxylic acids is 1. The van der Waals surface area contributed by atoms with Crippen molar-refractivity contribution in [3.63, 3.8) is 0 Å². The molecule has 13 nitrogen and oxygen atoms in total. The maximum absolute atomic E-state index is 13.9. The summed E-state index contributed by atoms with van der Waals surface area (Å²) in [5.74, 6) is -0.425. The Hall–Kier alpha value is -4.62. The molecule has 0 spiro atoms. The first-order valence-electron chi connectivity index (χ1n) is 15.4. The zero-order valence-electron chi connectivity index (χ0n) is 26.0. The van der Waals surface area contributed by atoms with Gasteiger partial charge in [0.1, 0.15) is 53.2 Å². The van der Waals surface area contributed by atoms with E-state index in [2.05, 4.69) is 15.1 Å². The van der Waals surface area contributed by atoms with Crippen molar-refractivity contribution in [2.24, 2.45) is 0 Å². The summed E-state index contributed by atoms with van der Waals surface area (Å²) in [7, 11) is -4.22. The third-order valence-corrected chi connectivity index (χ3v) is 9.79. The molecule has 1 aliphatic rings. The van der Waals surface area contributed by atoms with Crippen LogP contribution in [0.15, 0.2) is 95.8 Å². The minimum absolute atomic E-state index is 0.132. The van der Waals surface area contributed by atoms with E-state index in [1.54, 1.807) is 54.1 Å². The SMILES string of the molecule is CCOC(=O)[C@H](C)NP(=O)(OC[C@H]1O[C@@H](n2ccc3c(-c4cccc5c4oc4ccccc45)ncnc32)[C@H](O)[C@@H]1O)Oc1ccccc1. The fourth-order valence-corrected chi connectivity index (χ4v) is 7.36. The number of nitrogens with one attached hydrogen (secondary N) is 1. The predicted octanol–water partition coefficient (Wildman–Crippen LogP) is 5.36. The highest BCUT2D eigenvalue weighted by atomic mass is 31.2. The minimum atomic E-state index is -4.22. The van der Waals surface area contributed by atoms with Crippen LogP contribution in [-0.2, 0) is 23.4 Å². The minimum Gasteiger partial charge on any atom is -0.465 e. The van der Waals surface area contributed by atoms with Gasteiger partial charge in [-0.3, -0.25) is 9.32 Å². The van der Waals surface area contributed by atoms with E-state index in [-0.39, 0.29) is 12.4 Å². The molecule has 48 heavy (non-hydrogen) atoms. The van der Waals surface area contributed by atoms with Gasteiger partial charge in [0.25, 0.3) is 0 Å². The van der Waals surface area contributed by atoms with Gasteiger partial charge in [-0.25, -0.2) is 14.5 Å². The molecule has 0 radical (unpaired) electrons. The topological polar surface area (TPSA) is 167 Å². The molecule has 3 aromatic carbocycles. The number of benzene rings is 3. The Morgan fingerprint density at radius 2 is 1.75 bits per heavy atom. The Bertz CT molecular complexity index is 2140. The van der Waals surface area contributed by atoms with E-state index in [0.29, 0.717) is 22.3 Å². The second-order valence-electron chi connectivity index (χ2n) is 11.3. The highest BCUT2D eigenvalue weighted by Gasteiger charge is 2.46. The summed E-state index contributed by atoms with van der Waals surface area (Å²) in [5, 5.41) is 27.3. The summed E-state index contributed by atoms with van der Waals surface area (Å²) in [6.45, 7) is 2.80. The molecule has 0 aliphatic carbocycles. The van der Waals surface area contributed by atoms with Crippen molar-refractivity contribution in [1.82, 2.24) is 19.6 Å². The molecule has 248 valence electrons. The molecule has 14 heteroatoms. The van der Waals surface area contributed by atoms with E-state index in [0.717, 1.165) is 21.9 Å². The number of nitrogens with zero attached hydrogens (tertiary/aromatic N) is 3. The lowest BCUT2D eigenvalue weighted by atomic mass is 10.0. The van der Waals surface area contributed by atoms with Gasteiger partial charge in [0.15, 0.2) is 6.23 Å². The van der Waals surface area contributed by atoms with Crippen LogP contribution in [0.5, 0.6) is 5.75 Å². The Kier molecular flexibility index (Phi) is 8.73. The monoisotopic (exact) mass is 672 g/mol. The van der Waals surface area contributed by atoms with Crippen molar-refractivity contribution in [2.45, 2.75) is 44.4 Å². The highest BCUT2D eigenvalue weighted by Crippen LogP contribution is 2.46. The predicted molar refractivity (Wildman–Crippen MR) is 176 cm³/mol. The lowest BCUT2D eigenvalue weighted by Gasteiger charge is -2.24. The molecule has 6 atom stereocenters. The van der Waals surface area contributed by atoms with E-state index in [1.165, 1.54) is 13.3 Å². The third-order valence-electron chi connectivity index (χ3n) is 8.15. The van der Waals surface area contributed by atoms with Crippen molar-refractivity contribution in [1.29, 1.82) is 0 Å². The number of ether oxygens (including phenoxy) is 2. The summed E-state index contributed by atoms with van der Waals surface area (Å²) in [6.07, 6.45) is -1.91. The van der Waals surface area contributed by atoms with E-state index in [1.807, 2.05) is 42.5 Å². The van der Waals surface area contributed by atoms with E-state index in [4.69, 9.17) is 22.9 Å². The second kappa shape index (κ2) is 13.1. The first-order chi connectivity index (χ1) is 23.3. The lowest BCUT2D eigenvalue weighted by molar-refractivity contribution is -0.144. The Labute approximate surface area is 274 Å². The summed E-state index contributed by atoms with van der Waals surface area (Å²) in [4.78, 5) is 21.4. The van der Waals surface area contributed by atoms with Crippen LogP contribution in [0.25, 0.3) is 44.2 Å². The second-order valence-corrected chi connectivity index (χ2v) is 13.0. The molecule has 7 rings (SSSR count). The largest absolute Gasteiger partial charge is 0.465 e. The number of hydrogen-bond acceptors (Lipinski definition) is 11. The van der Waals surface area contributed by atoms with Crippen LogP contribution in [-0.4, -0.2) is 68.3 Å². The summed E-state index contributed by atoms with van der Waals surface area (Å²) in [6, 6.07) is 22.7. The number of aliphatic hydroxyl groups excluding tert-OH is 2. The molecule has 1 saturated heterocycles. The summed E-state index contributed by atoms with van der Waals surface area (Å²) < 4.78 is 44.2. The molecular formula is C34H33N4O9P. The van der Waals surface area contributed by atoms with Gasteiger partial charge < -0.3 is 33.2 Å². The number of para-hydroxylation sites is 3. The van der Waals surface area contributed by atoms with Gasteiger partial charge in [-0.1, -0.05) is 48.5 Å². The zero-order chi connectivity index (χ0) is 33.4. The molecule has 4 heterocycles. The third kappa shape index (κ3) is 5.96. The fraction of sp³-hybridized carbons (Fsp3) is 0.265. The van der Waals surface area contributed by atoms with Crippen molar-refractivity contribution >= 4 is 46.7 Å². The van der Waals surface area contributed by atoms with E-state index >= 15 is 0 Å². The maximum Gasteiger partial charge on any atom is 0.459 e. The Balaban J connectivity index is 1.14. The van der Waals surface area contributed by atoms with Crippen LogP contribution in [0.2, 0.25) is 0 Å². The molecule has 0 saturated carbocycles. The van der Waals surface area contributed by atoms with Crippen LogP contribution in [0, 0.1) is 0 Å². The van der Waals surface area contributed by atoms with Crippen LogP contribution in [0.3, 0.4) is 0 Å². The standard InChI is InChI=1S/C34H33N4O9P/c1-3-43-34(41)20(2)37-48(42,47-21-10-5-4-6-11-21)44-18-27-29(39)30(40)33(46-27)38-17-16-25-28(35-19-36-32(25)38)24-14-9-13-23-22-12-7-8-15-26(22)45-31(23)24/h4-17,19-20,27,29-30,33,39-40H,3,18H2,1-2H3,(H,37,42)/t20-,27+,29+,30+,33+,48?/m0/s1. The van der Waals surface area contributed by atoms with Gasteiger partial charge in [-0.2, -0.15) is 5.09 Å². The normalized spacial score (nSPS) is 21.4.